The highest BCUT2D eigenvalue weighted by molar-refractivity contribution is 9.10. The minimum Gasteiger partial charge on any atom is -0.411 e. The van der Waals surface area contributed by atoms with E-state index in [2.05, 4.69) is 63.6 Å². The summed E-state index contributed by atoms with van der Waals surface area (Å²) in [6.07, 6.45) is 0.190. The highest BCUT2D eigenvalue weighted by Gasteiger charge is 2.43. The monoisotopic (exact) mass is 390 g/mol. The van der Waals surface area contributed by atoms with Crippen molar-refractivity contribution in [1.29, 1.82) is 0 Å². The van der Waals surface area contributed by atoms with Gasteiger partial charge in [0.1, 0.15) is 0 Å². The molecule has 0 spiro atoms. The predicted octanol–water partition coefficient (Wildman–Crippen LogP) is 5.63. The summed E-state index contributed by atoms with van der Waals surface area (Å²) >= 11 is 5.63. The van der Waals surface area contributed by atoms with E-state index in [0.29, 0.717) is 5.92 Å². The lowest BCUT2D eigenvalue weighted by atomic mass is 9.97. The van der Waals surface area contributed by atoms with Gasteiger partial charge in [-0.2, -0.15) is 0 Å². The average Bonchev–Trinajstić information content (AvgIpc) is 2.83. The van der Waals surface area contributed by atoms with Gasteiger partial charge >= 0.3 is 0 Å². The third kappa shape index (κ3) is 3.47. The summed E-state index contributed by atoms with van der Waals surface area (Å²) in [5, 5.41) is 0.233. The third-order valence-electron chi connectivity index (χ3n) is 4.88. The molecular formula is C16H27BrO2SSi. The van der Waals surface area contributed by atoms with Crippen molar-refractivity contribution in [2.24, 2.45) is 0 Å². The van der Waals surface area contributed by atoms with E-state index in [1.54, 1.807) is 0 Å². The highest BCUT2D eigenvalue weighted by atomic mass is 79.9. The summed E-state index contributed by atoms with van der Waals surface area (Å²) in [5.41, 5.74) is 1.40. The number of rotatable bonds is 3. The molecule has 2 heterocycles. The van der Waals surface area contributed by atoms with E-state index >= 15 is 0 Å². The number of hydrogen-bond donors (Lipinski definition) is 0. The van der Waals surface area contributed by atoms with Crippen molar-refractivity contribution in [2.45, 2.75) is 64.8 Å². The van der Waals surface area contributed by atoms with Gasteiger partial charge in [0.25, 0.3) is 0 Å². The van der Waals surface area contributed by atoms with E-state index in [4.69, 9.17) is 9.16 Å². The second-order valence-electron chi connectivity index (χ2n) is 7.50. The Morgan fingerprint density at radius 3 is 2.29 bits per heavy atom. The van der Waals surface area contributed by atoms with Gasteiger partial charge in [-0.15, -0.1) is 11.3 Å². The Morgan fingerprint density at radius 1 is 1.19 bits per heavy atom. The van der Waals surface area contributed by atoms with Gasteiger partial charge in [-0.25, -0.2) is 0 Å². The van der Waals surface area contributed by atoms with Gasteiger partial charge < -0.3 is 9.16 Å². The zero-order valence-electron chi connectivity index (χ0n) is 14.2. The molecule has 1 aliphatic rings. The van der Waals surface area contributed by atoms with Crippen molar-refractivity contribution in [1.82, 2.24) is 0 Å². The molecule has 120 valence electrons. The molecule has 5 heteroatoms. The van der Waals surface area contributed by atoms with Gasteiger partial charge in [-0.1, -0.05) is 20.8 Å². The smallest absolute Gasteiger partial charge is 0.192 e. The van der Waals surface area contributed by atoms with Crippen LogP contribution in [0.15, 0.2) is 4.47 Å². The molecule has 2 rings (SSSR count). The topological polar surface area (TPSA) is 18.5 Å². The molecule has 1 aromatic rings. The molecule has 2 nitrogen and oxygen atoms in total. The molecule has 2 atom stereocenters. The second-order valence-corrected chi connectivity index (χ2v) is 14.5. The Labute approximate surface area is 142 Å². The van der Waals surface area contributed by atoms with Crippen molar-refractivity contribution in [2.75, 3.05) is 13.2 Å². The highest BCUT2D eigenvalue weighted by Crippen LogP contribution is 2.44. The van der Waals surface area contributed by atoms with Crippen molar-refractivity contribution in [3.63, 3.8) is 0 Å². The van der Waals surface area contributed by atoms with E-state index in [9.17, 15) is 0 Å². The summed E-state index contributed by atoms with van der Waals surface area (Å²) in [4.78, 5) is 2.74. The maximum Gasteiger partial charge on any atom is 0.192 e. The molecule has 1 saturated heterocycles. The molecule has 1 fully saturated rings. The van der Waals surface area contributed by atoms with E-state index in [1.807, 2.05) is 11.3 Å². The summed E-state index contributed by atoms with van der Waals surface area (Å²) < 4.78 is 13.7. The van der Waals surface area contributed by atoms with Crippen LogP contribution in [0.4, 0.5) is 0 Å². The van der Waals surface area contributed by atoms with Crippen molar-refractivity contribution in [3.8, 4) is 0 Å². The first-order valence-corrected chi connectivity index (χ1v) is 12.1. The van der Waals surface area contributed by atoms with E-state index in [1.165, 1.54) is 19.8 Å². The molecule has 0 bridgehead atoms. The van der Waals surface area contributed by atoms with Crippen LogP contribution < -0.4 is 0 Å². The lowest BCUT2D eigenvalue weighted by molar-refractivity contribution is 0.130. The zero-order valence-corrected chi connectivity index (χ0v) is 17.6. The fourth-order valence-corrected chi connectivity index (χ4v) is 5.90. The van der Waals surface area contributed by atoms with Crippen molar-refractivity contribution in [3.05, 3.63) is 19.8 Å². The largest absolute Gasteiger partial charge is 0.411 e. The summed E-state index contributed by atoms with van der Waals surface area (Å²) in [6, 6.07) is 0. The Kier molecular flexibility index (Phi) is 5.11. The van der Waals surface area contributed by atoms with Crippen LogP contribution >= 0.6 is 27.3 Å². The molecule has 0 saturated carbocycles. The molecule has 0 aromatic carbocycles. The first kappa shape index (κ1) is 17.7. The van der Waals surface area contributed by atoms with Gasteiger partial charge in [-0.05, 0) is 53.5 Å². The Balaban J connectivity index is 2.26. The SMILES string of the molecule is Cc1sc(C)c(C2COCC2O[Si](C)(C)C(C)(C)C)c1Br. The van der Waals surface area contributed by atoms with Gasteiger partial charge in [0, 0.05) is 20.1 Å². The minimum absolute atomic E-state index is 0.190. The Bertz CT molecular complexity index is 519. The molecule has 0 N–H and O–H groups in total. The lowest BCUT2D eigenvalue weighted by Crippen LogP contribution is -2.45. The van der Waals surface area contributed by atoms with Crippen LogP contribution in [0.3, 0.4) is 0 Å². The van der Waals surface area contributed by atoms with Gasteiger partial charge in [0.2, 0.25) is 0 Å². The van der Waals surface area contributed by atoms with E-state index in [-0.39, 0.29) is 11.1 Å². The quantitative estimate of drug-likeness (QED) is 0.622. The van der Waals surface area contributed by atoms with Crippen molar-refractivity contribution >= 4 is 35.6 Å². The standard InChI is InChI=1S/C16H27BrO2SSi/c1-10-14(15(17)11(2)20-10)12-8-18-9-13(12)19-21(6,7)16(3,4)5/h12-13H,8-9H2,1-7H3. The summed E-state index contributed by atoms with van der Waals surface area (Å²) in [5.74, 6) is 0.360. The first-order valence-electron chi connectivity index (χ1n) is 7.55. The normalized spacial score (nSPS) is 23.8. The van der Waals surface area contributed by atoms with Crippen LogP contribution in [0.5, 0.6) is 0 Å². The fraction of sp³-hybridized carbons (Fsp3) is 0.750. The molecule has 0 amide bonds. The first-order chi connectivity index (χ1) is 9.54. The molecule has 0 aliphatic carbocycles. The predicted molar refractivity (Wildman–Crippen MR) is 97.1 cm³/mol. The number of hydrogen-bond acceptors (Lipinski definition) is 3. The maximum absolute atomic E-state index is 6.65. The molecule has 2 unspecified atom stereocenters. The van der Waals surface area contributed by atoms with Gasteiger partial charge in [0.15, 0.2) is 8.32 Å². The van der Waals surface area contributed by atoms with Crippen LogP contribution in [0.25, 0.3) is 0 Å². The number of aryl methyl sites for hydroxylation is 2. The zero-order chi connectivity index (χ0) is 16.0. The number of ether oxygens (including phenoxy) is 1. The summed E-state index contributed by atoms with van der Waals surface area (Å²) in [6.45, 7) is 17.4. The summed E-state index contributed by atoms with van der Waals surface area (Å²) in [7, 11) is -1.76. The fourth-order valence-electron chi connectivity index (χ4n) is 2.57. The Morgan fingerprint density at radius 2 is 1.81 bits per heavy atom. The van der Waals surface area contributed by atoms with Gasteiger partial charge in [-0.3, -0.25) is 0 Å². The van der Waals surface area contributed by atoms with Crippen LogP contribution in [-0.2, 0) is 9.16 Å². The van der Waals surface area contributed by atoms with Gasteiger partial charge in [0.05, 0.1) is 19.3 Å². The van der Waals surface area contributed by atoms with Crippen molar-refractivity contribution < 1.29 is 9.16 Å². The third-order valence-corrected chi connectivity index (χ3v) is 11.7. The molecular weight excluding hydrogens is 364 g/mol. The molecule has 21 heavy (non-hydrogen) atoms. The lowest BCUT2D eigenvalue weighted by Gasteiger charge is -2.39. The molecule has 1 aliphatic heterocycles. The Hall–Kier alpha value is 0.317. The maximum atomic E-state index is 6.65. The van der Waals surface area contributed by atoms with Crippen LogP contribution in [0, 0.1) is 13.8 Å². The van der Waals surface area contributed by atoms with E-state index < -0.39 is 8.32 Å². The van der Waals surface area contributed by atoms with E-state index in [0.717, 1.165) is 13.2 Å². The molecule has 0 radical (unpaired) electrons. The second kappa shape index (κ2) is 6.08. The molecule has 1 aromatic heterocycles. The van der Waals surface area contributed by atoms with Crippen LogP contribution in [0.2, 0.25) is 18.1 Å². The van der Waals surface area contributed by atoms with Crippen LogP contribution in [-0.4, -0.2) is 27.6 Å². The average molecular weight is 391 g/mol. The minimum atomic E-state index is -1.76. The van der Waals surface area contributed by atoms with Crippen LogP contribution in [0.1, 0.15) is 42.0 Å². The number of halogens is 1. The number of thiophene rings is 1.